The summed E-state index contributed by atoms with van der Waals surface area (Å²) in [6.07, 6.45) is 4.15. The highest BCUT2D eigenvalue weighted by atomic mass is 16.1. The third kappa shape index (κ3) is 3.06. The van der Waals surface area contributed by atoms with E-state index < -0.39 is 0 Å². The number of fused-ring (bicyclic) bond motifs is 2. The molecule has 0 radical (unpaired) electrons. The number of carbonyl (C=O) groups excluding carboxylic acids is 1. The van der Waals surface area contributed by atoms with Gasteiger partial charge in [0.25, 0.3) is 0 Å². The lowest BCUT2D eigenvalue weighted by atomic mass is 10.2. The maximum Gasteiger partial charge on any atom is 0.216 e. The minimum Gasteiger partial charge on any atom is -0.326 e. The molecule has 0 N–H and O–H groups in total. The Hall–Kier alpha value is -3.53. The highest BCUT2D eigenvalue weighted by molar-refractivity contribution is 6.04. The standard InChI is InChI=1S/C20H18N6O/c1-14(27)20-15-8-10-22-12-18(15)26(24-20)13-19-23-16-6-3-4-7-17(16)25(19)11-5-9-21-2/h3-4,6-8,10,12H,5,9,11,13H2,1H3. The van der Waals surface area contributed by atoms with E-state index in [1.54, 1.807) is 17.1 Å². The predicted octanol–water partition coefficient (Wildman–Crippen LogP) is 3.34. The fourth-order valence-corrected chi connectivity index (χ4v) is 3.34. The number of benzene rings is 1. The van der Waals surface area contributed by atoms with E-state index in [2.05, 4.69) is 19.5 Å². The minimum atomic E-state index is -0.0736. The van der Waals surface area contributed by atoms with Crippen LogP contribution in [0.5, 0.6) is 0 Å². The maximum atomic E-state index is 12.0. The number of nitrogens with zero attached hydrogens (tertiary/aromatic N) is 6. The van der Waals surface area contributed by atoms with Crippen LogP contribution in [-0.2, 0) is 13.1 Å². The van der Waals surface area contributed by atoms with Crippen LogP contribution in [0.25, 0.3) is 26.8 Å². The fraction of sp³-hybridized carbons (Fsp3) is 0.250. The summed E-state index contributed by atoms with van der Waals surface area (Å²) in [6.45, 7) is 10.2. The Kier molecular flexibility index (Phi) is 4.38. The van der Waals surface area contributed by atoms with Crippen molar-refractivity contribution in [3.63, 3.8) is 0 Å². The summed E-state index contributed by atoms with van der Waals surface area (Å²) < 4.78 is 3.92. The van der Waals surface area contributed by atoms with Gasteiger partial charge in [-0.15, -0.1) is 0 Å². The number of hydrogen-bond acceptors (Lipinski definition) is 4. The van der Waals surface area contributed by atoms with Crippen molar-refractivity contribution >= 4 is 27.7 Å². The van der Waals surface area contributed by atoms with Gasteiger partial charge >= 0.3 is 0 Å². The number of para-hydroxylation sites is 2. The molecule has 0 bridgehead atoms. The number of carbonyl (C=O) groups is 1. The molecule has 0 atom stereocenters. The van der Waals surface area contributed by atoms with Gasteiger partial charge in [-0.25, -0.2) is 11.6 Å². The molecule has 3 heterocycles. The summed E-state index contributed by atoms with van der Waals surface area (Å²) >= 11 is 0. The van der Waals surface area contributed by atoms with Gasteiger partial charge in [-0.1, -0.05) is 12.1 Å². The van der Waals surface area contributed by atoms with Gasteiger partial charge in [0, 0.05) is 31.5 Å². The number of ketones is 1. The van der Waals surface area contributed by atoms with E-state index in [1.165, 1.54) is 6.92 Å². The van der Waals surface area contributed by atoms with Gasteiger partial charge in [0.15, 0.2) is 5.78 Å². The van der Waals surface area contributed by atoms with Crippen molar-refractivity contribution < 1.29 is 4.79 Å². The van der Waals surface area contributed by atoms with Crippen molar-refractivity contribution in [1.29, 1.82) is 0 Å². The summed E-state index contributed by atoms with van der Waals surface area (Å²) in [7, 11) is 0. The maximum absolute atomic E-state index is 12.0. The van der Waals surface area contributed by atoms with Crippen LogP contribution >= 0.6 is 0 Å². The van der Waals surface area contributed by atoms with Gasteiger partial charge < -0.3 is 9.41 Å². The quantitative estimate of drug-likeness (QED) is 0.301. The molecular weight excluding hydrogens is 340 g/mol. The van der Waals surface area contributed by atoms with E-state index in [4.69, 9.17) is 11.6 Å². The van der Waals surface area contributed by atoms with Gasteiger partial charge in [-0.2, -0.15) is 5.10 Å². The molecule has 0 saturated heterocycles. The number of aryl methyl sites for hydroxylation is 1. The molecular formula is C20H18N6O. The van der Waals surface area contributed by atoms with E-state index in [-0.39, 0.29) is 5.78 Å². The highest BCUT2D eigenvalue weighted by Crippen LogP contribution is 2.21. The normalized spacial score (nSPS) is 11.1. The lowest BCUT2D eigenvalue weighted by molar-refractivity contribution is 0.101. The van der Waals surface area contributed by atoms with Crippen LogP contribution in [0.4, 0.5) is 0 Å². The molecule has 1 aromatic carbocycles. The highest BCUT2D eigenvalue weighted by Gasteiger charge is 2.17. The molecule has 0 aliphatic heterocycles. The molecule has 7 nitrogen and oxygen atoms in total. The second-order valence-electron chi connectivity index (χ2n) is 6.36. The van der Waals surface area contributed by atoms with Crippen LogP contribution < -0.4 is 0 Å². The smallest absolute Gasteiger partial charge is 0.216 e. The first kappa shape index (κ1) is 16.9. The number of pyridine rings is 1. The Morgan fingerprint density at radius 3 is 2.89 bits per heavy atom. The zero-order valence-electron chi connectivity index (χ0n) is 15.0. The molecule has 0 spiro atoms. The van der Waals surface area contributed by atoms with E-state index in [0.29, 0.717) is 18.8 Å². The Morgan fingerprint density at radius 2 is 2.07 bits per heavy atom. The molecule has 27 heavy (non-hydrogen) atoms. The zero-order valence-corrected chi connectivity index (χ0v) is 15.0. The van der Waals surface area contributed by atoms with Crippen molar-refractivity contribution in [2.24, 2.45) is 0 Å². The number of hydrogen-bond donors (Lipinski definition) is 0. The van der Waals surface area contributed by atoms with Crippen LogP contribution in [0, 0.1) is 6.57 Å². The van der Waals surface area contributed by atoms with Crippen molar-refractivity contribution in [2.45, 2.75) is 26.4 Å². The largest absolute Gasteiger partial charge is 0.326 e. The van der Waals surface area contributed by atoms with E-state index in [1.807, 2.05) is 30.3 Å². The molecule has 134 valence electrons. The Morgan fingerprint density at radius 1 is 1.22 bits per heavy atom. The second-order valence-corrected chi connectivity index (χ2v) is 6.36. The van der Waals surface area contributed by atoms with Crippen LogP contribution in [0.1, 0.15) is 29.7 Å². The molecule has 7 heteroatoms. The molecule has 0 saturated carbocycles. The van der Waals surface area contributed by atoms with Crippen molar-refractivity contribution in [1.82, 2.24) is 24.3 Å². The monoisotopic (exact) mass is 358 g/mol. The molecule has 0 unspecified atom stereocenters. The number of rotatable bonds is 6. The Balaban J connectivity index is 1.80. The van der Waals surface area contributed by atoms with E-state index in [0.717, 1.165) is 40.7 Å². The molecule has 3 aromatic heterocycles. The number of aromatic nitrogens is 5. The minimum absolute atomic E-state index is 0.0736. The first-order chi connectivity index (χ1) is 13.2. The van der Waals surface area contributed by atoms with Crippen molar-refractivity contribution in [3.8, 4) is 0 Å². The SMILES string of the molecule is [C-]#[N+]CCCn1c(Cn2nc(C(C)=O)c3ccncc32)nc2ccccc21. The van der Waals surface area contributed by atoms with E-state index in [9.17, 15) is 4.79 Å². The molecule has 0 aliphatic carbocycles. The van der Waals surface area contributed by atoms with Gasteiger partial charge in [0.05, 0.1) is 29.3 Å². The van der Waals surface area contributed by atoms with Gasteiger partial charge in [-0.05, 0) is 18.2 Å². The molecule has 4 aromatic rings. The Bertz CT molecular complexity index is 1180. The Labute approximate surface area is 156 Å². The number of Topliss-reactive ketones (excluding diaryl/α,β-unsaturated/α-hetero) is 1. The van der Waals surface area contributed by atoms with Crippen LogP contribution in [0.15, 0.2) is 42.7 Å². The third-order valence-electron chi connectivity index (χ3n) is 4.56. The van der Waals surface area contributed by atoms with Crippen LogP contribution in [0.3, 0.4) is 0 Å². The average molecular weight is 358 g/mol. The first-order valence-corrected chi connectivity index (χ1v) is 8.78. The molecule has 0 aliphatic rings. The zero-order chi connectivity index (χ0) is 18.8. The van der Waals surface area contributed by atoms with Gasteiger partial charge in [0.1, 0.15) is 11.5 Å². The lowest BCUT2D eigenvalue weighted by Gasteiger charge is -2.08. The fourth-order valence-electron chi connectivity index (χ4n) is 3.34. The lowest BCUT2D eigenvalue weighted by Crippen LogP contribution is -2.11. The van der Waals surface area contributed by atoms with E-state index >= 15 is 0 Å². The summed E-state index contributed by atoms with van der Waals surface area (Å²) in [6, 6.07) is 9.78. The molecule has 4 rings (SSSR count). The third-order valence-corrected chi connectivity index (χ3v) is 4.56. The number of imidazole rings is 1. The average Bonchev–Trinajstić information content (AvgIpc) is 3.21. The van der Waals surface area contributed by atoms with Crippen molar-refractivity contribution in [2.75, 3.05) is 6.54 Å². The summed E-state index contributed by atoms with van der Waals surface area (Å²) in [5.74, 6) is 0.778. The van der Waals surface area contributed by atoms with Gasteiger partial charge in [-0.3, -0.25) is 14.5 Å². The van der Waals surface area contributed by atoms with Crippen LogP contribution in [-0.4, -0.2) is 36.6 Å². The predicted molar refractivity (Wildman–Crippen MR) is 102 cm³/mol. The first-order valence-electron chi connectivity index (χ1n) is 8.78. The summed E-state index contributed by atoms with van der Waals surface area (Å²) in [5, 5.41) is 5.32. The molecule has 0 amide bonds. The van der Waals surface area contributed by atoms with Crippen molar-refractivity contribution in [3.05, 3.63) is 65.7 Å². The topological polar surface area (TPSA) is 70.0 Å². The molecule has 0 fully saturated rings. The van der Waals surface area contributed by atoms with Crippen LogP contribution in [0.2, 0.25) is 0 Å². The second kappa shape index (κ2) is 7.00. The summed E-state index contributed by atoms with van der Waals surface area (Å²) in [4.78, 5) is 24.4. The summed E-state index contributed by atoms with van der Waals surface area (Å²) in [5.41, 5.74) is 3.21. The van der Waals surface area contributed by atoms with Gasteiger partial charge in [0.2, 0.25) is 6.54 Å².